The van der Waals surface area contributed by atoms with Crippen LogP contribution in [-0.4, -0.2) is 23.8 Å². The predicted molar refractivity (Wildman–Crippen MR) is 84.1 cm³/mol. The molecule has 3 rings (SSSR count). The van der Waals surface area contributed by atoms with Gasteiger partial charge in [-0.05, 0) is 12.1 Å². The van der Waals surface area contributed by atoms with Gasteiger partial charge in [-0.25, -0.2) is 14.5 Å². The van der Waals surface area contributed by atoms with E-state index in [2.05, 4.69) is 11.3 Å². The number of anilines is 1. The van der Waals surface area contributed by atoms with Crippen LogP contribution in [0.15, 0.2) is 67.3 Å². The number of imide groups is 1. The maximum Gasteiger partial charge on any atom is 0.338 e. The summed E-state index contributed by atoms with van der Waals surface area (Å²) in [7, 11) is 0. The molecule has 0 radical (unpaired) electrons. The summed E-state index contributed by atoms with van der Waals surface area (Å²) in [6.45, 7) is 3.12. The van der Waals surface area contributed by atoms with Gasteiger partial charge in [0.15, 0.2) is 0 Å². The number of allylic oxidation sites excluding steroid dienone is 1. The monoisotopic (exact) mass is 324 g/mol. The van der Waals surface area contributed by atoms with E-state index in [-0.39, 0.29) is 11.8 Å². The van der Waals surface area contributed by atoms with Gasteiger partial charge in [-0.1, -0.05) is 24.8 Å². The lowest BCUT2D eigenvalue weighted by atomic mass is 10.3. The molecule has 0 bridgehead atoms. The van der Waals surface area contributed by atoms with Crippen LogP contribution in [0.1, 0.15) is 0 Å². The molecule has 0 aliphatic carbocycles. The lowest BCUT2D eigenvalue weighted by molar-refractivity contribution is -0.150. The maximum absolute atomic E-state index is 11.2. The van der Waals surface area contributed by atoms with E-state index >= 15 is 0 Å². The molecule has 0 aromatic heterocycles. The third-order valence-corrected chi connectivity index (χ3v) is 2.47. The minimum absolute atomic E-state index is 0.281. The zero-order chi connectivity index (χ0) is 17.9. The smallest absolute Gasteiger partial charge is 0.338 e. The molecule has 1 aromatic rings. The van der Waals surface area contributed by atoms with Crippen LogP contribution < -0.4 is 4.90 Å². The Kier molecular flexibility index (Phi) is 7.05. The molecule has 0 unspecified atom stereocenters. The summed E-state index contributed by atoms with van der Waals surface area (Å²) in [5, 5.41) is 7.51. The summed E-state index contributed by atoms with van der Waals surface area (Å²) < 4.78 is 3.97. The second-order valence-corrected chi connectivity index (χ2v) is 4.09. The number of cyclic esters (lactones) is 2. The van der Waals surface area contributed by atoms with Gasteiger partial charge in [0.25, 0.3) is 11.8 Å². The summed E-state index contributed by atoms with van der Waals surface area (Å²) in [5.41, 5.74) is 0.613. The first-order valence-electron chi connectivity index (χ1n) is 6.55. The molecule has 7 heteroatoms. The highest BCUT2D eigenvalue weighted by Gasteiger charge is 2.24. The molecule has 2 heterocycles. The summed E-state index contributed by atoms with van der Waals surface area (Å²) in [4.78, 5) is 43.4. The van der Waals surface area contributed by atoms with Crippen LogP contribution >= 0.6 is 0 Å². The summed E-state index contributed by atoms with van der Waals surface area (Å²) in [6, 6.07) is 10.6. The van der Waals surface area contributed by atoms with Crippen molar-refractivity contribution in [1.29, 1.82) is 5.26 Å². The number of carbonyl (C=O) groups excluding carboxylic acids is 4. The van der Waals surface area contributed by atoms with E-state index in [9.17, 15) is 19.2 Å². The van der Waals surface area contributed by atoms with E-state index < -0.39 is 11.9 Å². The second-order valence-electron chi connectivity index (χ2n) is 4.09. The Morgan fingerprint density at radius 1 is 0.917 bits per heavy atom. The van der Waals surface area contributed by atoms with Gasteiger partial charge in [0.2, 0.25) is 0 Å². The lowest BCUT2D eigenvalue weighted by Crippen LogP contribution is -2.29. The Labute approximate surface area is 137 Å². The van der Waals surface area contributed by atoms with E-state index in [0.29, 0.717) is 5.69 Å². The summed E-state index contributed by atoms with van der Waals surface area (Å²) >= 11 is 0. The third kappa shape index (κ3) is 5.54. The molecule has 120 valence electrons. The fourth-order valence-corrected chi connectivity index (χ4v) is 1.54. The van der Waals surface area contributed by atoms with Crippen molar-refractivity contribution >= 4 is 29.4 Å². The molecule has 0 fully saturated rings. The molecule has 0 N–H and O–H groups in total. The number of rotatable bonds is 1. The van der Waals surface area contributed by atoms with Crippen LogP contribution in [0.4, 0.5) is 5.69 Å². The van der Waals surface area contributed by atoms with Crippen molar-refractivity contribution in [3.8, 4) is 6.07 Å². The SMILES string of the molecule is C=CC#N.O=C1C=CC(=O)N1c1ccccc1.O=C1C=CC(=O)O1. The van der Waals surface area contributed by atoms with Gasteiger partial charge in [-0.15, -0.1) is 0 Å². The number of carbonyl (C=O) groups is 4. The Hall–Kier alpha value is -3.79. The third-order valence-electron chi connectivity index (χ3n) is 2.47. The lowest BCUT2D eigenvalue weighted by Gasteiger charge is -2.12. The first-order chi connectivity index (χ1) is 11.5. The van der Waals surface area contributed by atoms with Crippen LogP contribution in [0.25, 0.3) is 0 Å². The summed E-state index contributed by atoms with van der Waals surface area (Å²) in [6.07, 6.45) is 5.90. The van der Waals surface area contributed by atoms with Crippen molar-refractivity contribution in [1.82, 2.24) is 0 Å². The van der Waals surface area contributed by atoms with E-state index in [4.69, 9.17) is 5.26 Å². The number of esters is 2. The number of amides is 2. The van der Waals surface area contributed by atoms with Gasteiger partial charge < -0.3 is 4.74 Å². The Balaban J connectivity index is 0.000000220. The maximum atomic E-state index is 11.2. The largest absolute Gasteiger partial charge is 0.387 e. The molecule has 0 spiro atoms. The summed E-state index contributed by atoms with van der Waals surface area (Å²) in [5.74, 6) is -1.72. The number of ether oxygens (including phenoxy) is 1. The number of nitrogens with zero attached hydrogens (tertiary/aromatic N) is 2. The molecular formula is C17H12N2O5. The highest BCUT2D eigenvalue weighted by Crippen LogP contribution is 2.17. The van der Waals surface area contributed by atoms with Crippen LogP contribution in [0, 0.1) is 11.3 Å². The molecule has 2 aliphatic heterocycles. The quantitative estimate of drug-likeness (QED) is 0.335. The zero-order valence-electron chi connectivity index (χ0n) is 12.4. The van der Waals surface area contributed by atoms with Crippen molar-refractivity contribution < 1.29 is 23.9 Å². The number of hydrogen-bond donors (Lipinski definition) is 0. The molecule has 0 saturated carbocycles. The van der Waals surface area contributed by atoms with Crippen molar-refractivity contribution in [2.75, 3.05) is 4.90 Å². The van der Waals surface area contributed by atoms with Gasteiger partial charge >= 0.3 is 11.9 Å². The van der Waals surface area contributed by atoms with Gasteiger partial charge in [0.05, 0.1) is 11.8 Å². The van der Waals surface area contributed by atoms with Gasteiger partial charge in [0.1, 0.15) is 0 Å². The fraction of sp³-hybridized carbons (Fsp3) is 0. The number of benzene rings is 1. The first kappa shape index (κ1) is 18.3. The minimum Gasteiger partial charge on any atom is -0.387 e. The van der Waals surface area contributed by atoms with Crippen LogP contribution in [-0.2, 0) is 23.9 Å². The van der Waals surface area contributed by atoms with E-state index in [1.54, 1.807) is 30.3 Å². The van der Waals surface area contributed by atoms with Crippen molar-refractivity contribution in [2.24, 2.45) is 0 Å². The van der Waals surface area contributed by atoms with Gasteiger partial charge in [-0.2, -0.15) is 5.26 Å². The highest BCUT2D eigenvalue weighted by molar-refractivity contribution is 6.28. The standard InChI is InChI=1S/C10H7NO2.C4H2O3.C3H3N/c12-9-6-7-10(13)11(9)8-4-2-1-3-5-8;5-3-1-2-4(6)7-3;1-2-3-4/h1-7H;1-2H;2H,1H2. The van der Waals surface area contributed by atoms with Crippen LogP contribution in [0.3, 0.4) is 0 Å². The number of nitriles is 1. The van der Waals surface area contributed by atoms with Crippen molar-refractivity contribution in [3.05, 3.63) is 67.3 Å². The fourth-order valence-electron chi connectivity index (χ4n) is 1.54. The highest BCUT2D eigenvalue weighted by atomic mass is 16.6. The van der Waals surface area contributed by atoms with Crippen molar-refractivity contribution in [3.63, 3.8) is 0 Å². The molecule has 2 amide bonds. The van der Waals surface area contributed by atoms with Crippen molar-refractivity contribution in [2.45, 2.75) is 0 Å². The van der Waals surface area contributed by atoms with Crippen LogP contribution in [0.2, 0.25) is 0 Å². The number of para-hydroxylation sites is 1. The second kappa shape index (κ2) is 9.27. The minimum atomic E-state index is -0.579. The van der Waals surface area contributed by atoms with E-state index in [1.807, 2.05) is 6.07 Å². The topological polar surface area (TPSA) is 105 Å². The Morgan fingerprint density at radius 3 is 1.71 bits per heavy atom. The van der Waals surface area contributed by atoms with Gasteiger partial charge in [0, 0.05) is 30.4 Å². The normalized spacial score (nSPS) is 14.2. The average Bonchev–Trinajstić information content (AvgIpc) is 3.13. The molecule has 2 aliphatic rings. The number of hydrogen-bond acceptors (Lipinski definition) is 6. The van der Waals surface area contributed by atoms with E-state index in [0.717, 1.165) is 17.1 Å². The molecule has 1 aromatic carbocycles. The Morgan fingerprint density at radius 2 is 1.38 bits per heavy atom. The first-order valence-corrected chi connectivity index (χ1v) is 6.55. The molecule has 24 heavy (non-hydrogen) atoms. The molecular weight excluding hydrogens is 312 g/mol. The predicted octanol–water partition coefficient (Wildman–Crippen LogP) is 1.44. The molecule has 0 atom stereocenters. The van der Waals surface area contributed by atoms with Crippen LogP contribution in [0.5, 0.6) is 0 Å². The van der Waals surface area contributed by atoms with E-state index in [1.165, 1.54) is 18.2 Å². The molecule has 7 nitrogen and oxygen atoms in total. The average molecular weight is 324 g/mol. The zero-order valence-corrected chi connectivity index (χ0v) is 12.4. The Bertz CT molecular complexity index is 723. The molecule has 0 saturated heterocycles. The van der Waals surface area contributed by atoms with Gasteiger partial charge in [-0.3, -0.25) is 9.59 Å².